The van der Waals surface area contributed by atoms with Gasteiger partial charge in [0.05, 0.1) is 16.3 Å². The van der Waals surface area contributed by atoms with Gasteiger partial charge in [-0.1, -0.05) is 28.8 Å². The fourth-order valence-corrected chi connectivity index (χ4v) is 5.32. The number of fused-ring (bicyclic) bond motifs is 3. The molecule has 7 nitrogen and oxygen atoms in total. The molecule has 0 aliphatic carbocycles. The molecular formula is C17H11ClFN5O2S. The summed E-state index contributed by atoms with van der Waals surface area (Å²) in [4.78, 5) is 0.0888. The van der Waals surface area contributed by atoms with E-state index >= 15 is 0 Å². The maximum atomic E-state index is 13.9. The Kier molecular flexibility index (Phi) is 3.40. The summed E-state index contributed by atoms with van der Waals surface area (Å²) in [5, 5.41) is 15.3. The van der Waals surface area contributed by atoms with E-state index in [0.29, 0.717) is 22.2 Å². The third kappa shape index (κ3) is 2.46. The Balaban J connectivity index is 1.80. The Morgan fingerprint density at radius 2 is 1.96 bits per heavy atom. The fraction of sp³-hybridized carbons (Fsp3) is 0.118. The summed E-state index contributed by atoms with van der Waals surface area (Å²) in [5.41, 5.74) is 2.12. The summed E-state index contributed by atoms with van der Waals surface area (Å²) in [6.07, 6.45) is 0. The maximum absolute atomic E-state index is 13.9. The number of benzene rings is 2. The number of anilines is 1. The van der Waals surface area contributed by atoms with Crippen LogP contribution in [-0.2, 0) is 9.84 Å². The summed E-state index contributed by atoms with van der Waals surface area (Å²) in [6, 6.07) is 10.1. The van der Waals surface area contributed by atoms with Gasteiger partial charge in [0, 0.05) is 10.6 Å². The number of rotatable bonds is 1. The first kappa shape index (κ1) is 16.4. The molecule has 1 atom stereocenters. The van der Waals surface area contributed by atoms with Gasteiger partial charge in [-0.25, -0.2) is 12.8 Å². The maximum Gasteiger partial charge on any atom is 0.248 e. The van der Waals surface area contributed by atoms with Crippen molar-refractivity contribution in [2.75, 3.05) is 11.1 Å². The van der Waals surface area contributed by atoms with Gasteiger partial charge in [0.25, 0.3) is 0 Å². The van der Waals surface area contributed by atoms with Crippen molar-refractivity contribution in [3.63, 3.8) is 0 Å². The van der Waals surface area contributed by atoms with Crippen molar-refractivity contribution in [3.8, 4) is 0 Å². The topological polar surface area (TPSA) is 89.8 Å². The van der Waals surface area contributed by atoms with E-state index in [1.165, 1.54) is 16.8 Å². The molecule has 0 bridgehead atoms. The molecule has 1 N–H and O–H groups in total. The third-order valence-electron chi connectivity index (χ3n) is 4.70. The largest absolute Gasteiger partial charge is 0.322 e. The van der Waals surface area contributed by atoms with Gasteiger partial charge in [0.2, 0.25) is 5.95 Å². The first-order chi connectivity index (χ1) is 12.9. The molecule has 0 saturated heterocycles. The molecule has 0 fully saturated rings. The van der Waals surface area contributed by atoms with E-state index in [4.69, 9.17) is 11.6 Å². The van der Waals surface area contributed by atoms with Crippen molar-refractivity contribution in [3.05, 3.63) is 70.0 Å². The molecule has 0 saturated carbocycles. The number of nitrogens with one attached hydrogen (secondary N) is 1. The lowest BCUT2D eigenvalue weighted by Gasteiger charge is -2.33. The molecule has 3 heterocycles. The molecule has 27 heavy (non-hydrogen) atoms. The van der Waals surface area contributed by atoms with Crippen LogP contribution in [0.2, 0.25) is 5.02 Å². The van der Waals surface area contributed by atoms with Gasteiger partial charge in [0.15, 0.2) is 9.84 Å². The summed E-state index contributed by atoms with van der Waals surface area (Å²) in [6.45, 7) is 0. The third-order valence-corrected chi connectivity index (χ3v) is 6.67. The average Bonchev–Trinajstić information content (AvgIpc) is 3.09. The number of hydrogen-bond acceptors (Lipinski definition) is 6. The van der Waals surface area contributed by atoms with Crippen molar-refractivity contribution in [1.29, 1.82) is 0 Å². The van der Waals surface area contributed by atoms with Crippen molar-refractivity contribution in [2.24, 2.45) is 0 Å². The highest BCUT2D eigenvalue weighted by Crippen LogP contribution is 2.44. The van der Waals surface area contributed by atoms with Gasteiger partial charge in [-0.15, -0.1) is 0 Å². The summed E-state index contributed by atoms with van der Waals surface area (Å²) >= 11 is 5.99. The van der Waals surface area contributed by atoms with Crippen molar-refractivity contribution >= 4 is 33.1 Å². The Labute approximate surface area is 158 Å². The highest BCUT2D eigenvalue weighted by molar-refractivity contribution is 7.91. The van der Waals surface area contributed by atoms with Crippen LogP contribution in [0.1, 0.15) is 17.2 Å². The molecule has 0 amide bonds. The summed E-state index contributed by atoms with van der Waals surface area (Å²) in [5.74, 6) is -0.392. The van der Waals surface area contributed by atoms with Crippen molar-refractivity contribution < 1.29 is 12.8 Å². The minimum Gasteiger partial charge on any atom is -0.322 e. The van der Waals surface area contributed by atoms with E-state index in [1.807, 2.05) is 0 Å². The van der Waals surface area contributed by atoms with Crippen LogP contribution < -0.4 is 5.32 Å². The minimum atomic E-state index is -3.64. The van der Waals surface area contributed by atoms with Crippen LogP contribution >= 0.6 is 11.6 Å². The quantitative estimate of drug-likeness (QED) is 0.628. The Bertz CT molecular complexity index is 1220. The molecule has 2 aliphatic heterocycles. The van der Waals surface area contributed by atoms with Crippen molar-refractivity contribution in [1.82, 2.24) is 20.2 Å². The number of tetrazole rings is 1. The van der Waals surface area contributed by atoms with Gasteiger partial charge < -0.3 is 5.32 Å². The van der Waals surface area contributed by atoms with E-state index in [2.05, 4.69) is 20.8 Å². The molecule has 2 aromatic carbocycles. The number of sulfone groups is 1. The second kappa shape index (κ2) is 5.61. The molecule has 3 aromatic rings. The SMILES string of the molecule is O=S1(=O)CC2=C(Nc3nnnn3[C@@H]2c2ccc(Cl)cc2)c2cc(F)ccc21. The number of nitrogens with zero attached hydrogens (tertiary/aromatic N) is 4. The zero-order valence-corrected chi connectivity index (χ0v) is 15.2. The predicted octanol–water partition coefficient (Wildman–Crippen LogP) is 2.68. The van der Waals surface area contributed by atoms with Gasteiger partial charge in [-0.05, 0) is 51.9 Å². The first-order valence-electron chi connectivity index (χ1n) is 8.00. The van der Waals surface area contributed by atoms with E-state index in [1.54, 1.807) is 24.3 Å². The van der Waals surface area contributed by atoms with Gasteiger partial charge >= 0.3 is 0 Å². The Hall–Kier alpha value is -2.78. The van der Waals surface area contributed by atoms with E-state index in [9.17, 15) is 12.8 Å². The average molecular weight is 404 g/mol. The van der Waals surface area contributed by atoms with E-state index < -0.39 is 21.7 Å². The van der Waals surface area contributed by atoms with Crippen LogP contribution in [0.3, 0.4) is 0 Å². The zero-order valence-electron chi connectivity index (χ0n) is 13.6. The van der Waals surface area contributed by atoms with Crippen molar-refractivity contribution in [2.45, 2.75) is 10.9 Å². The minimum absolute atomic E-state index is 0.0888. The fourth-order valence-electron chi connectivity index (χ4n) is 3.56. The lowest BCUT2D eigenvalue weighted by molar-refractivity contribution is 0.553. The van der Waals surface area contributed by atoms with Crippen LogP contribution in [0.25, 0.3) is 5.70 Å². The highest BCUT2D eigenvalue weighted by Gasteiger charge is 2.39. The second-order valence-corrected chi connectivity index (χ2v) is 8.72. The smallest absolute Gasteiger partial charge is 0.248 e. The molecule has 1 aromatic heterocycles. The standard InChI is InChI=1S/C17H11ClFN5O2S/c18-10-3-1-9(2-4-10)16-13-8-27(25,26)14-6-5-11(19)7-12(14)15(13)20-17-21-22-23-24(16)17/h1-7,16H,8H2,(H,20,21,23)/t16-/m1/s1. The van der Waals surface area contributed by atoms with Crippen LogP contribution in [0.15, 0.2) is 52.9 Å². The number of halogens is 2. The van der Waals surface area contributed by atoms with Crippen LogP contribution in [0, 0.1) is 5.82 Å². The summed E-state index contributed by atoms with van der Waals surface area (Å²) in [7, 11) is -3.64. The van der Waals surface area contributed by atoms with E-state index in [-0.39, 0.29) is 16.2 Å². The van der Waals surface area contributed by atoms with Crippen LogP contribution in [0.5, 0.6) is 0 Å². The van der Waals surface area contributed by atoms with Gasteiger partial charge in [0.1, 0.15) is 11.9 Å². The lowest BCUT2D eigenvalue weighted by atomic mass is 9.93. The van der Waals surface area contributed by atoms with E-state index in [0.717, 1.165) is 11.6 Å². The van der Waals surface area contributed by atoms with Crippen LogP contribution in [0.4, 0.5) is 10.3 Å². The Morgan fingerprint density at radius 1 is 1.19 bits per heavy atom. The molecular weight excluding hydrogens is 393 g/mol. The normalized spacial score (nSPS) is 19.7. The molecule has 0 radical (unpaired) electrons. The monoisotopic (exact) mass is 403 g/mol. The lowest BCUT2D eigenvalue weighted by Crippen LogP contribution is -2.32. The second-order valence-electron chi connectivity index (χ2n) is 6.33. The van der Waals surface area contributed by atoms with Crippen LogP contribution in [-0.4, -0.2) is 34.4 Å². The highest BCUT2D eigenvalue weighted by atomic mass is 35.5. The molecule has 0 unspecified atom stereocenters. The Morgan fingerprint density at radius 3 is 2.74 bits per heavy atom. The molecule has 0 spiro atoms. The van der Waals surface area contributed by atoms with Gasteiger partial charge in [-0.2, -0.15) is 4.68 Å². The molecule has 2 aliphatic rings. The molecule has 10 heteroatoms. The first-order valence-corrected chi connectivity index (χ1v) is 10.0. The predicted molar refractivity (Wildman–Crippen MR) is 96.4 cm³/mol. The summed E-state index contributed by atoms with van der Waals surface area (Å²) < 4.78 is 41.1. The molecule has 136 valence electrons. The molecule has 5 rings (SSSR count). The van der Waals surface area contributed by atoms with Gasteiger partial charge in [-0.3, -0.25) is 0 Å². The number of hydrogen-bond donors (Lipinski definition) is 1. The zero-order chi connectivity index (χ0) is 18.8. The number of aromatic nitrogens is 4.